The number of rotatable bonds is 6. The maximum atomic E-state index is 6.70. The van der Waals surface area contributed by atoms with E-state index in [-0.39, 0.29) is 0 Å². The van der Waals surface area contributed by atoms with Crippen LogP contribution < -0.4 is 0 Å². The average molecular weight is 272 g/mol. The monoisotopic (exact) mass is 272 g/mol. The van der Waals surface area contributed by atoms with Gasteiger partial charge in [0.15, 0.2) is 0 Å². The van der Waals surface area contributed by atoms with E-state index >= 15 is 0 Å². The van der Waals surface area contributed by atoms with E-state index in [1.165, 1.54) is 0 Å². The predicted octanol–water partition coefficient (Wildman–Crippen LogP) is 1.80. The van der Waals surface area contributed by atoms with Crippen molar-refractivity contribution in [1.29, 1.82) is 0 Å². The van der Waals surface area contributed by atoms with E-state index in [1.807, 2.05) is 0 Å². The molecule has 0 N–H and O–H groups in total. The molecule has 104 valence electrons. The molecular weight excluding hydrogens is 248 g/mol. The minimum Gasteiger partial charge on any atom is -0.413 e. The highest BCUT2D eigenvalue weighted by atomic mass is 28.4. The summed E-state index contributed by atoms with van der Waals surface area (Å²) in [4.78, 5) is 0. The highest BCUT2D eigenvalue weighted by Crippen LogP contribution is 2.44. The Labute approximate surface area is 110 Å². The van der Waals surface area contributed by atoms with Gasteiger partial charge in [-0.2, -0.15) is 0 Å². The molecule has 0 bridgehead atoms. The van der Waals surface area contributed by atoms with Crippen molar-refractivity contribution in [2.75, 3.05) is 39.6 Å². The topological polar surface area (TPSA) is 36.9 Å². The normalized spacial score (nSPS) is 28.3. The zero-order chi connectivity index (χ0) is 12.6. The molecule has 1 atom stereocenters. The Bertz CT molecular complexity index is 273. The lowest BCUT2D eigenvalue weighted by Gasteiger charge is -2.50. The molecule has 0 spiro atoms. The summed E-state index contributed by atoms with van der Waals surface area (Å²) in [6.45, 7) is 9.99. The molecule has 4 nitrogen and oxygen atoms in total. The fraction of sp³-hybridized carbons (Fsp3) is 1.00. The average Bonchev–Trinajstić information content (AvgIpc) is 2.06. The van der Waals surface area contributed by atoms with E-state index in [9.17, 15) is 0 Å². The molecule has 0 radical (unpaired) electrons. The van der Waals surface area contributed by atoms with Gasteiger partial charge in [0.25, 0.3) is 0 Å². The molecule has 1 unspecified atom stereocenters. The van der Waals surface area contributed by atoms with Crippen molar-refractivity contribution in [2.45, 2.75) is 37.1 Å². The van der Waals surface area contributed by atoms with Gasteiger partial charge in [-0.25, -0.2) is 0 Å². The number of hydrogen-bond acceptors (Lipinski definition) is 4. The summed E-state index contributed by atoms with van der Waals surface area (Å²) in [6, 6.07) is 0. The third kappa shape index (κ3) is 2.16. The van der Waals surface area contributed by atoms with Gasteiger partial charge < -0.3 is 18.6 Å². The lowest BCUT2D eigenvalue weighted by Crippen LogP contribution is -2.60. The first-order chi connectivity index (χ1) is 8.74. The van der Waals surface area contributed by atoms with Crippen molar-refractivity contribution in [2.24, 2.45) is 5.92 Å². The van der Waals surface area contributed by atoms with Gasteiger partial charge >= 0.3 is 0 Å². The minimum atomic E-state index is -1.72. The van der Waals surface area contributed by atoms with Crippen molar-refractivity contribution in [3.8, 4) is 0 Å². The first-order valence-corrected chi connectivity index (χ1v) is 9.71. The lowest BCUT2D eigenvalue weighted by atomic mass is 9.99. The number of hydrogen-bond donors (Lipinski definition) is 0. The molecule has 3 aliphatic rings. The zero-order valence-electron chi connectivity index (χ0n) is 11.4. The standard InChI is InChI=1S/C13H24O4Si/c1-3-13(10-4-14-5-10)17-18(2,11-6-15-7-11)12-8-16-9-12/h10-13H,3-9H2,1-2H3. The third-order valence-corrected chi connectivity index (χ3v) is 9.61. The molecule has 18 heavy (non-hydrogen) atoms. The van der Waals surface area contributed by atoms with Crippen LogP contribution in [0.3, 0.4) is 0 Å². The molecule has 0 amide bonds. The largest absolute Gasteiger partial charge is 0.413 e. The smallest absolute Gasteiger partial charge is 0.205 e. The summed E-state index contributed by atoms with van der Waals surface area (Å²) in [5, 5.41) is 0. The van der Waals surface area contributed by atoms with Gasteiger partial charge in [-0.05, 0) is 13.0 Å². The molecular formula is C13H24O4Si. The van der Waals surface area contributed by atoms with Crippen molar-refractivity contribution in [3.63, 3.8) is 0 Å². The molecule has 5 heteroatoms. The van der Waals surface area contributed by atoms with E-state index in [1.54, 1.807) is 0 Å². The Morgan fingerprint density at radius 1 is 1.00 bits per heavy atom. The fourth-order valence-electron chi connectivity index (χ4n) is 2.97. The molecule has 3 heterocycles. The Balaban J connectivity index is 1.67. The number of ether oxygens (including phenoxy) is 3. The van der Waals surface area contributed by atoms with E-state index in [4.69, 9.17) is 18.6 Å². The summed E-state index contributed by atoms with van der Waals surface area (Å²) < 4.78 is 22.8. The summed E-state index contributed by atoms with van der Waals surface area (Å²) >= 11 is 0. The van der Waals surface area contributed by atoms with Gasteiger partial charge in [0.1, 0.15) is 0 Å². The van der Waals surface area contributed by atoms with Crippen molar-refractivity contribution < 1.29 is 18.6 Å². The molecule has 3 rings (SSSR count). The second kappa shape index (κ2) is 5.21. The third-order valence-electron chi connectivity index (χ3n) is 4.89. The molecule has 0 aromatic carbocycles. The van der Waals surface area contributed by atoms with Crippen molar-refractivity contribution in [1.82, 2.24) is 0 Å². The second-order valence-electron chi connectivity index (χ2n) is 6.01. The lowest BCUT2D eigenvalue weighted by molar-refractivity contribution is -0.0933. The van der Waals surface area contributed by atoms with Crippen LogP contribution >= 0.6 is 0 Å². The SMILES string of the molecule is CCC(O[Si](C)(C1COC1)C1COC1)C1COC1. The maximum absolute atomic E-state index is 6.70. The first-order valence-electron chi connectivity index (χ1n) is 7.15. The van der Waals surface area contributed by atoms with Crippen LogP contribution in [0.25, 0.3) is 0 Å². The van der Waals surface area contributed by atoms with Gasteiger partial charge in [0.2, 0.25) is 8.32 Å². The predicted molar refractivity (Wildman–Crippen MR) is 70.2 cm³/mol. The molecule has 3 saturated heterocycles. The van der Waals surface area contributed by atoms with E-state index in [2.05, 4.69) is 13.5 Å². The highest BCUT2D eigenvalue weighted by molar-refractivity contribution is 6.76. The summed E-state index contributed by atoms with van der Waals surface area (Å²) in [5.74, 6) is 0.615. The second-order valence-corrected chi connectivity index (χ2v) is 10.3. The summed E-state index contributed by atoms with van der Waals surface area (Å²) in [6.07, 6.45) is 1.48. The van der Waals surface area contributed by atoms with Crippen LogP contribution in [0.5, 0.6) is 0 Å². The van der Waals surface area contributed by atoms with Gasteiger partial charge in [-0.15, -0.1) is 0 Å². The van der Waals surface area contributed by atoms with E-state index < -0.39 is 8.32 Å². The van der Waals surface area contributed by atoms with Gasteiger partial charge in [-0.3, -0.25) is 0 Å². The van der Waals surface area contributed by atoms with Gasteiger partial charge in [-0.1, -0.05) is 6.92 Å². The molecule has 0 aliphatic carbocycles. The first kappa shape index (κ1) is 13.1. The van der Waals surface area contributed by atoms with Crippen LogP contribution in [0.2, 0.25) is 17.6 Å². The minimum absolute atomic E-state index is 0.386. The highest BCUT2D eigenvalue weighted by Gasteiger charge is 2.53. The van der Waals surface area contributed by atoms with Gasteiger partial charge in [0, 0.05) is 17.0 Å². The van der Waals surface area contributed by atoms with Crippen LogP contribution in [0.1, 0.15) is 13.3 Å². The van der Waals surface area contributed by atoms with Gasteiger partial charge in [0.05, 0.1) is 45.7 Å². The molecule has 0 saturated carbocycles. The molecule has 0 aromatic heterocycles. The van der Waals surface area contributed by atoms with Crippen LogP contribution in [0.4, 0.5) is 0 Å². The Kier molecular flexibility index (Phi) is 3.78. The fourth-order valence-corrected chi connectivity index (χ4v) is 6.82. The maximum Gasteiger partial charge on any atom is 0.205 e. The summed E-state index contributed by atoms with van der Waals surface area (Å²) in [5.41, 5.74) is 1.34. The van der Waals surface area contributed by atoms with E-state index in [0.717, 1.165) is 46.1 Å². The van der Waals surface area contributed by atoms with Crippen molar-refractivity contribution in [3.05, 3.63) is 0 Å². The van der Waals surface area contributed by atoms with Crippen molar-refractivity contribution >= 4 is 8.32 Å². The quantitative estimate of drug-likeness (QED) is 0.691. The molecule has 3 aliphatic heterocycles. The zero-order valence-corrected chi connectivity index (χ0v) is 12.4. The Morgan fingerprint density at radius 2 is 1.50 bits per heavy atom. The van der Waals surface area contributed by atoms with Crippen LogP contribution in [0, 0.1) is 5.92 Å². The summed E-state index contributed by atoms with van der Waals surface area (Å²) in [7, 11) is -1.72. The van der Waals surface area contributed by atoms with Crippen LogP contribution in [-0.4, -0.2) is 54.1 Å². The van der Waals surface area contributed by atoms with Crippen LogP contribution in [-0.2, 0) is 18.6 Å². The van der Waals surface area contributed by atoms with Crippen LogP contribution in [0.15, 0.2) is 0 Å². The molecule has 3 fully saturated rings. The molecule has 0 aromatic rings. The Hall–Kier alpha value is 0.0569. The van der Waals surface area contributed by atoms with E-state index in [0.29, 0.717) is 23.1 Å². The Morgan fingerprint density at radius 3 is 1.78 bits per heavy atom.